The molecule has 100 valence electrons. The number of halogens is 4. The molecule has 0 saturated carbocycles. The average Bonchev–Trinajstić information content (AvgIpc) is 2.37. The van der Waals surface area contributed by atoms with Crippen LogP contribution in [0.2, 0.25) is 15.1 Å². The maximum Gasteiger partial charge on any atom is 0.123 e. The van der Waals surface area contributed by atoms with Crippen LogP contribution in [-0.2, 0) is 6.42 Å². The Morgan fingerprint density at radius 3 is 2.32 bits per heavy atom. The van der Waals surface area contributed by atoms with E-state index >= 15 is 0 Å². The summed E-state index contributed by atoms with van der Waals surface area (Å²) >= 11 is 17.8. The van der Waals surface area contributed by atoms with Gasteiger partial charge in [-0.1, -0.05) is 40.9 Å². The molecule has 19 heavy (non-hydrogen) atoms. The van der Waals surface area contributed by atoms with Crippen LogP contribution in [0.5, 0.6) is 0 Å². The molecule has 1 unspecified atom stereocenters. The fraction of sp³-hybridized carbons (Fsp3) is 0.143. The van der Waals surface area contributed by atoms with E-state index in [9.17, 15) is 4.39 Å². The van der Waals surface area contributed by atoms with Crippen LogP contribution in [0.1, 0.15) is 17.2 Å². The lowest BCUT2D eigenvalue weighted by molar-refractivity contribution is 0.622. The van der Waals surface area contributed by atoms with Gasteiger partial charge in [0.1, 0.15) is 5.82 Å². The minimum absolute atomic E-state index is 0.325. The summed E-state index contributed by atoms with van der Waals surface area (Å²) in [6, 6.07) is 9.10. The van der Waals surface area contributed by atoms with Gasteiger partial charge in [0.15, 0.2) is 0 Å². The highest BCUT2D eigenvalue weighted by molar-refractivity contribution is 6.42. The lowest BCUT2D eigenvalue weighted by Crippen LogP contribution is -2.13. The van der Waals surface area contributed by atoms with E-state index < -0.39 is 0 Å². The van der Waals surface area contributed by atoms with E-state index in [0.29, 0.717) is 27.1 Å². The molecule has 0 bridgehead atoms. The lowest BCUT2D eigenvalue weighted by atomic mass is 9.99. The van der Waals surface area contributed by atoms with Gasteiger partial charge in [0.25, 0.3) is 0 Å². The molecule has 0 aromatic heterocycles. The Morgan fingerprint density at radius 2 is 1.63 bits per heavy atom. The van der Waals surface area contributed by atoms with Gasteiger partial charge in [0, 0.05) is 11.1 Å². The molecular weight excluding hydrogens is 308 g/mol. The zero-order chi connectivity index (χ0) is 14.0. The van der Waals surface area contributed by atoms with Crippen molar-refractivity contribution in [3.63, 3.8) is 0 Å². The Kier molecular flexibility index (Phi) is 4.69. The van der Waals surface area contributed by atoms with Gasteiger partial charge in [-0.05, 0) is 47.9 Å². The van der Waals surface area contributed by atoms with Crippen molar-refractivity contribution in [2.75, 3.05) is 0 Å². The molecule has 0 aliphatic heterocycles. The predicted molar refractivity (Wildman–Crippen MR) is 78.5 cm³/mol. The second-order valence-electron chi connectivity index (χ2n) is 4.22. The van der Waals surface area contributed by atoms with Crippen LogP contribution in [-0.4, -0.2) is 0 Å². The van der Waals surface area contributed by atoms with Gasteiger partial charge in [-0.3, -0.25) is 0 Å². The van der Waals surface area contributed by atoms with E-state index in [2.05, 4.69) is 0 Å². The van der Waals surface area contributed by atoms with Crippen LogP contribution in [0.3, 0.4) is 0 Å². The van der Waals surface area contributed by atoms with E-state index in [-0.39, 0.29) is 11.9 Å². The van der Waals surface area contributed by atoms with Crippen molar-refractivity contribution in [2.45, 2.75) is 12.5 Å². The summed E-state index contributed by atoms with van der Waals surface area (Å²) in [5.41, 5.74) is 7.58. The van der Waals surface area contributed by atoms with Crippen molar-refractivity contribution < 1.29 is 4.39 Å². The lowest BCUT2D eigenvalue weighted by Gasteiger charge is -2.14. The number of benzene rings is 2. The molecule has 2 aromatic carbocycles. The minimum atomic E-state index is -0.333. The van der Waals surface area contributed by atoms with Gasteiger partial charge in [0.2, 0.25) is 0 Å². The molecule has 0 heterocycles. The van der Waals surface area contributed by atoms with Crippen molar-refractivity contribution in [3.05, 3.63) is 68.4 Å². The fourth-order valence-electron chi connectivity index (χ4n) is 1.80. The normalized spacial score (nSPS) is 12.5. The Labute approximate surface area is 126 Å². The molecule has 0 aliphatic carbocycles. The second-order valence-corrected chi connectivity index (χ2v) is 5.44. The van der Waals surface area contributed by atoms with Crippen molar-refractivity contribution in [1.82, 2.24) is 0 Å². The highest BCUT2D eigenvalue weighted by Crippen LogP contribution is 2.28. The van der Waals surface area contributed by atoms with E-state index in [0.717, 1.165) is 5.56 Å². The molecule has 5 heteroatoms. The molecule has 2 rings (SSSR count). The molecule has 0 amide bonds. The Morgan fingerprint density at radius 1 is 0.947 bits per heavy atom. The first-order valence-corrected chi connectivity index (χ1v) is 6.75. The molecular formula is C14H11Cl3FN. The first-order chi connectivity index (χ1) is 8.97. The van der Waals surface area contributed by atoms with E-state index in [4.69, 9.17) is 40.5 Å². The zero-order valence-corrected chi connectivity index (χ0v) is 12.1. The monoisotopic (exact) mass is 317 g/mol. The summed E-state index contributed by atoms with van der Waals surface area (Å²) in [7, 11) is 0. The molecule has 0 saturated heterocycles. The molecule has 0 radical (unpaired) electrons. The molecule has 2 N–H and O–H groups in total. The summed E-state index contributed by atoms with van der Waals surface area (Å²) in [4.78, 5) is 0. The van der Waals surface area contributed by atoms with Gasteiger partial charge >= 0.3 is 0 Å². The third-order valence-corrected chi connectivity index (χ3v) is 3.93. The van der Waals surface area contributed by atoms with Gasteiger partial charge in [0.05, 0.1) is 10.0 Å². The summed E-state index contributed by atoms with van der Waals surface area (Å²) in [6.07, 6.45) is 0.425. The van der Waals surface area contributed by atoms with Crippen LogP contribution in [0.25, 0.3) is 0 Å². The van der Waals surface area contributed by atoms with E-state index in [1.165, 1.54) is 18.2 Å². The quantitative estimate of drug-likeness (QED) is 0.844. The Balaban J connectivity index is 2.22. The largest absolute Gasteiger partial charge is 0.324 e. The van der Waals surface area contributed by atoms with Gasteiger partial charge < -0.3 is 5.73 Å². The third kappa shape index (κ3) is 3.61. The first-order valence-electron chi connectivity index (χ1n) is 5.62. The minimum Gasteiger partial charge on any atom is -0.324 e. The number of rotatable bonds is 3. The van der Waals surface area contributed by atoms with Gasteiger partial charge in [-0.2, -0.15) is 0 Å². The first kappa shape index (κ1) is 14.6. The molecule has 1 nitrogen and oxygen atoms in total. The fourth-order valence-corrected chi connectivity index (χ4v) is 2.30. The number of hydrogen-bond acceptors (Lipinski definition) is 1. The van der Waals surface area contributed by atoms with Gasteiger partial charge in [-0.15, -0.1) is 0 Å². The Hall–Kier alpha value is -0.800. The third-order valence-electron chi connectivity index (χ3n) is 2.82. The number of nitrogens with two attached hydrogens (primary N) is 1. The molecule has 0 aliphatic rings. The standard InChI is InChI=1S/C14H11Cl3FN/c15-11-4-2-10(18)5-9(11)7-14(19)8-1-3-12(16)13(17)6-8/h1-6,14H,7,19H2. The summed E-state index contributed by atoms with van der Waals surface area (Å²) in [5, 5.41) is 1.42. The van der Waals surface area contributed by atoms with E-state index in [1.807, 2.05) is 0 Å². The molecule has 0 spiro atoms. The number of hydrogen-bond donors (Lipinski definition) is 1. The van der Waals surface area contributed by atoms with Crippen molar-refractivity contribution in [1.29, 1.82) is 0 Å². The van der Waals surface area contributed by atoms with Crippen LogP contribution in [0, 0.1) is 5.82 Å². The zero-order valence-electron chi connectivity index (χ0n) is 9.84. The maximum absolute atomic E-state index is 13.2. The highest BCUT2D eigenvalue weighted by Gasteiger charge is 2.12. The SMILES string of the molecule is NC(Cc1cc(F)ccc1Cl)c1ccc(Cl)c(Cl)c1. The molecule has 2 aromatic rings. The summed E-state index contributed by atoms with van der Waals surface area (Å²) in [6.45, 7) is 0. The van der Waals surface area contributed by atoms with Crippen LogP contribution >= 0.6 is 34.8 Å². The van der Waals surface area contributed by atoms with Gasteiger partial charge in [-0.25, -0.2) is 4.39 Å². The molecule has 0 fully saturated rings. The van der Waals surface area contributed by atoms with E-state index in [1.54, 1.807) is 18.2 Å². The summed E-state index contributed by atoms with van der Waals surface area (Å²) < 4.78 is 13.2. The van der Waals surface area contributed by atoms with Crippen molar-refractivity contribution in [3.8, 4) is 0 Å². The average molecular weight is 319 g/mol. The summed E-state index contributed by atoms with van der Waals surface area (Å²) in [5.74, 6) is -0.333. The topological polar surface area (TPSA) is 26.0 Å². The smallest absolute Gasteiger partial charge is 0.123 e. The second kappa shape index (κ2) is 6.10. The predicted octanol–water partition coefficient (Wildman–Crippen LogP) is 5.03. The van der Waals surface area contributed by atoms with Crippen LogP contribution in [0.15, 0.2) is 36.4 Å². The van der Waals surface area contributed by atoms with Crippen molar-refractivity contribution >= 4 is 34.8 Å². The van der Waals surface area contributed by atoms with Crippen molar-refractivity contribution in [2.24, 2.45) is 5.73 Å². The Bertz CT molecular complexity index is 601. The highest BCUT2D eigenvalue weighted by atomic mass is 35.5. The maximum atomic E-state index is 13.2. The van der Waals surface area contributed by atoms with Crippen LogP contribution < -0.4 is 5.73 Å². The molecule has 1 atom stereocenters. The van der Waals surface area contributed by atoms with Crippen LogP contribution in [0.4, 0.5) is 4.39 Å².